The van der Waals surface area contributed by atoms with Crippen molar-refractivity contribution in [1.29, 1.82) is 0 Å². The minimum Gasteiger partial charge on any atom is -0.349 e. The summed E-state index contributed by atoms with van der Waals surface area (Å²) in [4.78, 5) is 16.8. The van der Waals surface area contributed by atoms with Crippen LogP contribution in [0.5, 0.6) is 0 Å². The number of amides is 1. The van der Waals surface area contributed by atoms with Gasteiger partial charge in [-0.15, -0.1) is 0 Å². The Bertz CT molecular complexity index is 880. The number of carbonyl (C=O) groups excluding carboxylic acids is 1. The maximum absolute atomic E-state index is 12.5. The van der Waals surface area contributed by atoms with E-state index in [4.69, 9.17) is 0 Å². The van der Waals surface area contributed by atoms with Gasteiger partial charge in [-0.2, -0.15) is 5.10 Å². The third-order valence-corrected chi connectivity index (χ3v) is 4.51. The van der Waals surface area contributed by atoms with Crippen LogP contribution < -0.4 is 5.32 Å². The highest BCUT2D eigenvalue weighted by atomic mass is 16.1. The first-order valence-electron chi connectivity index (χ1n) is 8.75. The summed E-state index contributed by atoms with van der Waals surface area (Å²) in [6.45, 7) is 8.38. The fraction of sp³-hybridized carbons (Fsp3) is 0.350. The predicted octanol–water partition coefficient (Wildman–Crippen LogP) is 4.05. The molecule has 3 aromatic rings. The van der Waals surface area contributed by atoms with Gasteiger partial charge in [0.1, 0.15) is 5.56 Å². The predicted molar refractivity (Wildman–Crippen MR) is 99.7 cm³/mol. The smallest absolute Gasteiger partial charge is 0.256 e. The van der Waals surface area contributed by atoms with Crippen molar-refractivity contribution in [1.82, 2.24) is 19.9 Å². The number of benzene rings is 1. The zero-order valence-corrected chi connectivity index (χ0v) is 15.2. The van der Waals surface area contributed by atoms with E-state index >= 15 is 0 Å². The van der Waals surface area contributed by atoms with Crippen molar-refractivity contribution in [2.45, 2.75) is 46.1 Å². The normalized spacial score (nSPS) is 12.5. The van der Waals surface area contributed by atoms with Gasteiger partial charge in [-0.3, -0.25) is 4.79 Å². The molecule has 1 aromatic carbocycles. The molecule has 0 aliphatic carbocycles. The molecule has 0 unspecified atom stereocenters. The summed E-state index contributed by atoms with van der Waals surface area (Å²) >= 11 is 0. The lowest BCUT2D eigenvalue weighted by Gasteiger charge is -2.10. The second-order valence-electron chi connectivity index (χ2n) is 6.68. The van der Waals surface area contributed by atoms with Crippen molar-refractivity contribution < 1.29 is 4.79 Å². The molecular formula is C20H24N4O. The van der Waals surface area contributed by atoms with Crippen molar-refractivity contribution in [3.63, 3.8) is 0 Å². The quantitative estimate of drug-likeness (QED) is 0.765. The minimum absolute atomic E-state index is 0.120. The molecule has 0 saturated heterocycles. The summed E-state index contributed by atoms with van der Waals surface area (Å²) in [7, 11) is 0. The van der Waals surface area contributed by atoms with Crippen molar-refractivity contribution in [2.75, 3.05) is 0 Å². The maximum Gasteiger partial charge on any atom is 0.256 e. The molecule has 0 fully saturated rings. The summed E-state index contributed by atoms with van der Waals surface area (Å²) in [5.41, 5.74) is 4.34. The molecule has 0 saturated carbocycles. The van der Waals surface area contributed by atoms with Crippen LogP contribution >= 0.6 is 0 Å². The third-order valence-electron chi connectivity index (χ3n) is 4.51. The first kappa shape index (κ1) is 17.1. The van der Waals surface area contributed by atoms with Gasteiger partial charge in [0.25, 0.3) is 5.91 Å². The van der Waals surface area contributed by atoms with E-state index in [0.717, 1.165) is 17.7 Å². The first-order chi connectivity index (χ1) is 12.0. The summed E-state index contributed by atoms with van der Waals surface area (Å²) in [5, 5.41) is 7.37. The lowest BCUT2D eigenvalue weighted by molar-refractivity contribution is 0.0940. The van der Waals surface area contributed by atoms with Crippen molar-refractivity contribution in [3.8, 4) is 11.3 Å². The standard InChI is InChI=1S/C20H24N4O/c1-5-14(4)23-20(25)17-12-22-24-18(10-11-21-19(17)24)16-8-6-15(7-9-16)13(2)3/h6-14H,5H2,1-4H3,(H,23,25)/t14-/m0/s1. The van der Waals surface area contributed by atoms with Gasteiger partial charge in [0.15, 0.2) is 5.65 Å². The van der Waals surface area contributed by atoms with E-state index in [2.05, 4.69) is 53.5 Å². The number of aromatic nitrogens is 3. The van der Waals surface area contributed by atoms with Crippen LogP contribution in [0.4, 0.5) is 0 Å². The Labute approximate surface area is 148 Å². The van der Waals surface area contributed by atoms with Gasteiger partial charge in [-0.1, -0.05) is 45.0 Å². The van der Waals surface area contributed by atoms with E-state index in [-0.39, 0.29) is 11.9 Å². The number of fused-ring (bicyclic) bond motifs is 1. The van der Waals surface area contributed by atoms with Gasteiger partial charge >= 0.3 is 0 Å². The van der Waals surface area contributed by atoms with E-state index in [1.54, 1.807) is 16.9 Å². The Morgan fingerprint density at radius 2 is 1.88 bits per heavy atom. The lowest BCUT2D eigenvalue weighted by atomic mass is 10.0. The Kier molecular flexibility index (Phi) is 4.83. The monoisotopic (exact) mass is 336 g/mol. The molecule has 3 rings (SSSR count). The molecule has 0 aliphatic rings. The molecule has 0 aliphatic heterocycles. The molecule has 25 heavy (non-hydrogen) atoms. The van der Waals surface area contributed by atoms with Gasteiger partial charge in [0.05, 0.1) is 11.9 Å². The molecule has 2 aromatic heterocycles. The molecule has 5 heteroatoms. The zero-order chi connectivity index (χ0) is 18.0. The van der Waals surface area contributed by atoms with Gasteiger partial charge < -0.3 is 5.32 Å². The van der Waals surface area contributed by atoms with E-state index in [1.165, 1.54) is 5.56 Å². The molecule has 1 N–H and O–H groups in total. The molecule has 0 bridgehead atoms. The number of nitrogens with one attached hydrogen (secondary N) is 1. The average molecular weight is 336 g/mol. The Balaban J connectivity index is 2.00. The molecule has 2 heterocycles. The number of hydrogen-bond acceptors (Lipinski definition) is 3. The fourth-order valence-corrected chi connectivity index (χ4v) is 2.71. The highest BCUT2D eigenvalue weighted by Crippen LogP contribution is 2.23. The second kappa shape index (κ2) is 7.05. The first-order valence-corrected chi connectivity index (χ1v) is 8.75. The van der Waals surface area contributed by atoms with Crippen LogP contribution in [0.1, 0.15) is 56.0 Å². The van der Waals surface area contributed by atoms with Crippen LogP contribution in [0.25, 0.3) is 16.9 Å². The van der Waals surface area contributed by atoms with E-state index in [9.17, 15) is 4.79 Å². The highest BCUT2D eigenvalue weighted by Gasteiger charge is 2.17. The van der Waals surface area contributed by atoms with Crippen molar-refractivity contribution in [3.05, 3.63) is 53.9 Å². The molecule has 5 nitrogen and oxygen atoms in total. The summed E-state index contributed by atoms with van der Waals surface area (Å²) in [5.74, 6) is 0.358. The van der Waals surface area contributed by atoms with Crippen LogP contribution in [0.2, 0.25) is 0 Å². The van der Waals surface area contributed by atoms with E-state index < -0.39 is 0 Å². The average Bonchev–Trinajstić information content (AvgIpc) is 3.05. The fourth-order valence-electron chi connectivity index (χ4n) is 2.71. The van der Waals surface area contributed by atoms with Crippen molar-refractivity contribution >= 4 is 11.6 Å². The van der Waals surface area contributed by atoms with Crippen LogP contribution in [-0.4, -0.2) is 26.5 Å². The Morgan fingerprint density at radius 3 is 2.52 bits per heavy atom. The van der Waals surface area contributed by atoms with Gasteiger partial charge in [0.2, 0.25) is 0 Å². The topological polar surface area (TPSA) is 59.3 Å². The number of carbonyl (C=O) groups is 1. The molecule has 0 spiro atoms. The van der Waals surface area contributed by atoms with Crippen molar-refractivity contribution in [2.24, 2.45) is 0 Å². The summed E-state index contributed by atoms with van der Waals surface area (Å²) in [6.07, 6.45) is 4.20. The Morgan fingerprint density at radius 1 is 1.16 bits per heavy atom. The van der Waals surface area contributed by atoms with Gasteiger partial charge in [-0.25, -0.2) is 9.50 Å². The maximum atomic E-state index is 12.5. The van der Waals surface area contributed by atoms with E-state index in [1.807, 2.05) is 19.9 Å². The largest absolute Gasteiger partial charge is 0.349 e. The lowest BCUT2D eigenvalue weighted by Crippen LogP contribution is -2.31. The number of hydrogen-bond donors (Lipinski definition) is 1. The highest BCUT2D eigenvalue weighted by molar-refractivity contribution is 6.00. The SMILES string of the molecule is CC[C@H](C)NC(=O)c1cnn2c(-c3ccc(C(C)C)cc3)ccnc12. The molecule has 1 amide bonds. The molecule has 1 atom stereocenters. The molecule has 130 valence electrons. The van der Waals surface area contributed by atoms with Gasteiger partial charge in [0, 0.05) is 17.8 Å². The minimum atomic E-state index is -0.135. The van der Waals surface area contributed by atoms with Crippen LogP contribution in [0.15, 0.2) is 42.7 Å². The van der Waals surface area contributed by atoms with Crippen LogP contribution in [0, 0.1) is 0 Å². The second-order valence-corrected chi connectivity index (χ2v) is 6.68. The zero-order valence-electron chi connectivity index (χ0n) is 15.2. The molecule has 0 radical (unpaired) electrons. The summed E-state index contributed by atoms with van der Waals surface area (Å²) in [6, 6.07) is 10.5. The van der Waals surface area contributed by atoms with Gasteiger partial charge in [-0.05, 0) is 30.9 Å². The number of nitrogens with zero attached hydrogens (tertiary/aromatic N) is 3. The summed E-state index contributed by atoms with van der Waals surface area (Å²) < 4.78 is 1.73. The van der Waals surface area contributed by atoms with Crippen LogP contribution in [-0.2, 0) is 0 Å². The van der Waals surface area contributed by atoms with E-state index in [0.29, 0.717) is 17.1 Å². The number of rotatable bonds is 5. The third kappa shape index (κ3) is 3.40. The molecular weight excluding hydrogens is 312 g/mol. The Hall–Kier alpha value is -2.69. The van der Waals surface area contributed by atoms with Crippen LogP contribution in [0.3, 0.4) is 0 Å².